The molecule has 1 aromatic carbocycles. The molecule has 3 amide bonds. The van der Waals surface area contributed by atoms with Crippen LogP contribution in [-0.2, 0) is 4.79 Å². The van der Waals surface area contributed by atoms with Gasteiger partial charge in [-0.3, -0.25) is 4.79 Å². The number of hydrazone groups is 1. The van der Waals surface area contributed by atoms with E-state index in [1.54, 1.807) is 6.21 Å². The molecule has 0 unspecified atom stereocenters. The zero-order valence-electron chi connectivity index (χ0n) is 14.5. The maximum absolute atomic E-state index is 12.8. The van der Waals surface area contributed by atoms with E-state index in [0.717, 1.165) is 40.0 Å². The average molecular weight is 338 g/mol. The third-order valence-electron chi connectivity index (χ3n) is 5.51. The van der Waals surface area contributed by atoms with E-state index in [1.807, 2.05) is 31.2 Å². The van der Waals surface area contributed by atoms with Gasteiger partial charge in [-0.1, -0.05) is 25.1 Å². The minimum Gasteiger partial charge on any atom is -0.358 e. The topological polar surface area (TPSA) is 77.6 Å². The maximum atomic E-state index is 12.8. The van der Waals surface area contributed by atoms with Crippen LogP contribution in [0.3, 0.4) is 0 Å². The number of para-hydroxylation sites is 1. The molecular formula is C19H22N4O2. The SMILES string of the molecule is Cc1[nH]c2ccccc2c1/C=N\N1C(=O)NC2(CCC(C)CC2)C1=O. The number of carbonyl (C=O) groups is 2. The number of rotatable bonds is 2. The number of urea groups is 1. The number of carbonyl (C=O) groups excluding carboxylic acids is 2. The lowest BCUT2D eigenvalue weighted by Gasteiger charge is -2.33. The Labute approximate surface area is 146 Å². The molecule has 1 spiro atoms. The molecule has 1 saturated carbocycles. The van der Waals surface area contributed by atoms with Crippen molar-refractivity contribution in [3.8, 4) is 0 Å². The molecule has 2 aliphatic rings. The third kappa shape index (κ3) is 2.52. The first-order valence-corrected chi connectivity index (χ1v) is 8.78. The van der Waals surface area contributed by atoms with Gasteiger partial charge < -0.3 is 10.3 Å². The quantitative estimate of drug-likeness (QED) is 0.651. The van der Waals surface area contributed by atoms with Crippen LogP contribution >= 0.6 is 0 Å². The number of nitrogens with zero attached hydrogens (tertiary/aromatic N) is 2. The van der Waals surface area contributed by atoms with E-state index in [1.165, 1.54) is 0 Å². The second-order valence-corrected chi connectivity index (χ2v) is 7.27. The molecule has 2 N–H and O–H groups in total. The van der Waals surface area contributed by atoms with Crippen LogP contribution < -0.4 is 5.32 Å². The smallest absolute Gasteiger partial charge is 0.346 e. The number of benzene rings is 1. The molecular weight excluding hydrogens is 316 g/mol. The molecule has 4 rings (SSSR count). The monoisotopic (exact) mass is 338 g/mol. The summed E-state index contributed by atoms with van der Waals surface area (Å²) < 4.78 is 0. The average Bonchev–Trinajstić information content (AvgIpc) is 3.03. The molecule has 0 atom stereocenters. The number of amides is 3. The molecule has 1 aliphatic heterocycles. The number of hydrogen-bond acceptors (Lipinski definition) is 3. The van der Waals surface area contributed by atoms with Gasteiger partial charge in [0.2, 0.25) is 0 Å². The largest absolute Gasteiger partial charge is 0.358 e. The summed E-state index contributed by atoms with van der Waals surface area (Å²) >= 11 is 0. The van der Waals surface area contributed by atoms with Crippen molar-refractivity contribution in [3.63, 3.8) is 0 Å². The number of hydrogen-bond donors (Lipinski definition) is 2. The summed E-state index contributed by atoms with van der Waals surface area (Å²) in [5.74, 6) is 0.375. The number of fused-ring (bicyclic) bond motifs is 1. The minimum absolute atomic E-state index is 0.224. The summed E-state index contributed by atoms with van der Waals surface area (Å²) in [5.41, 5.74) is 2.11. The van der Waals surface area contributed by atoms with E-state index in [2.05, 4.69) is 22.3 Å². The summed E-state index contributed by atoms with van der Waals surface area (Å²) in [6.07, 6.45) is 4.89. The molecule has 0 radical (unpaired) electrons. The van der Waals surface area contributed by atoms with Crippen molar-refractivity contribution >= 4 is 29.1 Å². The first kappa shape index (κ1) is 15.9. The summed E-state index contributed by atoms with van der Waals surface area (Å²) in [6, 6.07) is 7.48. The number of aryl methyl sites for hydroxylation is 1. The van der Waals surface area contributed by atoms with Crippen LogP contribution in [0.5, 0.6) is 0 Å². The standard InChI is InChI=1S/C19H22N4O2/c1-12-7-9-19(10-8-12)17(24)23(18(25)22-19)20-11-15-13(2)21-16-6-4-3-5-14(15)16/h3-6,11-12,21H,7-10H2,1-2H3,(H,22,25)/b20-11-. The highest BCUT2D eigenvalue weighted by Crippen LogP contribution is 2.36. The van der Waals surface area contributed by atoms with Gasteiger partial charge in [-0.05, 0) is 44.6 Å². The van der Waals surface area contributed by atoms with Gasteiger partial charge in [0.05, 0.1) is 6.21 Å². The van der Waals surface area contributed by atoms with Crippen molar-refractivity contribution in [2.24, 2.45) is 11.0 Å². The van der Waals surface area contributed by atoms with Crippen LogP contribution in [0.1, 0.15) is 43.9 Å². The van der Waals surface area contributed by atoms with E-state index in [9.17, 15) is 9.59 Å². The predicted molar refractivity (Wildman–Crippen MR) is 96.4 cm³/mol. The Morgan fingerprint density at radius 3 is 2.72 bits per heavy atom. The van der Waals surface area contributed by atoms with Gasteiger partial charge in [0, 0.05) is 22.2 Å². The molecule has 2 aromatic rings. The first-order chi connectivity index (χ1) is 12.0. The minimum atomic E-state index is -0.754. The number of aromatic amines is 1. The molecule has 1 saturated heterocycles. The van der Waals surface area contributed by atoms with E-state index in [4.69, 9.17) is 0 Å². The van der Waals surface area contributed by atoms with Crippen molar-refractivity contribution in [2.45, 2.75) is 45.1 Å². The second-order valence-electron chi connectivity index (χ2n) is 7.27. The summed E-state index contributed by atoms with van der Waals surface area (Å²) in [4.78, 5) is 28.4. The predicted octanol–water partition coefficient (Wildman–Crippen LogP) is 3.31. The van der Waals surface area contributed by atoms with E-state index < -0.39 is 11.6 Å². The van der Waals surface area contributed by atoms with Crippen LogP contribution in [0.15, 0.2) is 29.4 Å². The van der Waals surface area contributed by atoms with E-state index in [0.29, 0.717) is 18.8 Å². The van der Waals surface area contributed by atoms with Gasteiger partial charge in [-0.15, -0.1) is 5.01 Å². The highest BCUT2D eigenvalue weighted by atomic mass is 16.2. The number of aromatic nitrogens is 1. The van der Waals surface area contributed by atoms with Crippen molar-refractivity contribution in [2.75, 3.05) is 0 Å². The molecule has 1 aliphatic carbocycles. The highest BCUT2D eigenvalue weighted by Gasteiger charge is 2.52. The van der Waals surface area contributed by atoms with Crippen molar-refractivity contribution in [1.82, 2.24) is 15.3 Å². The molecule has 1 aromatic heterocycles. The Bertz CT molecular complexity index is 875. The van der Waals surface area contributed by atoms with E-state index in [-0.39, 0.29) is 5.91 Å². The summed E-state index contributed by atoms with van der Waals surface area (Å²) in [5, 5.41) is 9.14. The first-order valence-electron chi connectivity index (χ1n) is 8.78. The Morgan fingerprint density at radius 2 is 1.96 bits per heavy atom. The van der Waals surface area contributed by atoms with Crippen LogP contribution in [0.2, 0.25) is 0 Å². The second kappa shape index (κ2) is 5.72. The van der Waals surface area contributed by atoms with E-state index >= 15 is 0 Å². The molecule has 6 nitrogen and oxygen atoms in total. The molecule has 25 heavy (non-hydrogen) atoms. The molecule has 2 heterocycles. The number of imide groups is 1. The van der Waals surface area contributed by atoms with Crippen molar-refractivity contribution in [1.29, 1.82) is 0 Å². The van der Waals surface area contributed by atoms with Gasteiger partial charge in [-0.25, -0.2) is 4.79 Å². The third-order valence-corrected chi connectivity index (χ3v) is 5.51. The Hall–Kier alpha value is -2.63. The number of nitrogens with one attached hydrogen (secondary N) is 2. The fourth-order valence-corrected chi connectivity index (χ4v) is 3.88. The zero-order chi connectivity index (χ0) is 17.6. The van der Waals surface area contributed by atoms with Crippen LogP contribution in [0.4, 0.5) is 4.79 Å². The van der Waals surface area contributed by atoms with Gasteiger partial charge >= 0.3 is 6.03 Å². The van der Waals surface area contributed by atoms with Gasteiger partial charge in [0.1, 0.15) is 5.54 Å². The lowest BCUT2D eigenvalue weighted by atomic mass is 9.77. The molecule has 130 valence electrons. The lowest BCUT2D eigenvalue weighted by molar-refractivity contribution is -0.132. The fourth-order valence-electron chi connectivity index (χ4n) is 3.88. The maximum Gasteiger partial charge on any atom is 0.346 e. The van der Waals surface area contributed by atoms with Crippen LogP contribution in [0.25, 0.3) is 10.9 Å². The number of H-pyrrole nitrogens is 1. The lowest BCUT2D eigenvalue weighted by Crippen LogP contribution is -2.49. The van der Waals surface area contributed by atoms with Gasteiger partial charge in [-0.2, -0.15) is 5.10 Å². The van der Waals surface area contributed by atoms with Gasteiger partial charge in [0.25, 0.3) is 5.91 Å². The van der Waals surface area contributed by atoms with Gasteiger partial charge in [0.15, 0.2) is 0 Å². The summed E-state index contributed by atoms with van der Waals surface area (Å²) in [6.45, 7) is 4.14. The van der Waals surface area contributed by atoms with Crippen molar-refractivity contribution in [3.05, 3.63) is 35.5 Å². The molecule has 6 heteroatoms. The highest BCUT2D eigenvalue weighted by molar-refractivity contribution is 6.08. The molecule has 0 bridgehead atoms. The van der Waals surface area contributed by atoms with Crippen molar-refractivity contribution < 1.29 is 9.59 Å². The van der Waals surface area contributed by atoms with Crippen LogP contribution in [0, 0.1) is 12.8 Å². The van der Waals surface area contributed by atoms with Crippen LogP contribution in [-0.4, -0.2) is 33.7 Å². The Morgan fingerprint density at radius 1 is 1.24 bits per heavy atom. The fraction of sp³-hybridized carbons (Fsp3) is 0.421. The Kier molecular flexibility index (Phi) is 3.63. The summed E-state index contributed by atoms with van der Waals surface area (Å²) in [7, 11) is 0. The molecule has 2 fully saturated rings. The normalized spacial score (nSPS) is 27.0. The Balaban J connectivity index is 1.62. The zero-order valence-corrected chi connectivity index (χ0v) is 14.5.